The summed E-state index contributed by atoms with van der Waals surface area (Å²) in [6.07, 6.45) is 1.59. The zero-order chi connectivity index (χ0) is 13.7. The van der Waals surface area contributed by atoms with Crippen LogP contribution in [0.15, 0.2) is 24.3 Å². The van der Waals surface area contributed by atoms with E-state index in [2.05, 4.69) is 13.8 Å². The maximum Gasteiger partial charge on any atom is 0.226 e. The molecule has 0 aliphatic carbocycles. The summed E-state index contributed by atoms with van der Waals surface area (Å²) >= 11 is 4.89. The van der Waals surface area contributed by atoms with E-state index >= 15 is 0 Å². The van der Waals surface area contributed by atoms with E-state index in [4.69, 9.17) is 18.0 Å². The van der Waals surface area contributed by atoms with Crippen LogP contribution in [0, 0.1) is 5.92 Å². The lowest BCUT2D eigenvalue weighted by molar-refractivity contribution is -0.119. The Bertz CT molecular complexity index is 428. The van der Waals surface area contributed by atoms with E-state index in [0.29, 0.717) is 17.3 Å². The largest absolute Gasteiger partial charge is 0.389 e. The maximum absolute atomic E-state index is 12.0. The van der Waals surface area contributed by atoms with Crippen molar-refractivity contribution < 1.29 is 4.79 Å². The van der Waals surface area contributed by atoms with E-state index in [0.717, 1.165) is 17.7 Å². The SMILES string of the molecule is CCC(C)CC(=O)N(C)c1ccc(C(N)=S)cc1. The fourth-order valence-electron chi connectivity index (χ4n) is 1.57. The van der Waals surface area contributed by atoms with Gasteiger partial charge in [-0.25, -0.2) is 0 Å². The first-order chi connectivity index (χ1) is 8.45. The van der Waals surface area contributed by atoms with Crippen molar-refractivity contribution in [1.29, 1.82) is 0 Å². The number of nitrogens with two attached hydrogens (primary N) is 1. The van der Waals surface area contributed by atoms with Gasteiger partial charge in [-0.1, -0.05) is 32.5 Å². The van der Waals surface area contributed by atoms with Gasteiger partial charge in [0.1, 0.15) is 4.99 Å². The van der Waals surface area contributed by atoms with Gasteiger partial charge in [-0.2, -0.15) is 0 Å². The van der Waals surface area contributed by atoms with Gasteiger partial charge in [0.15, 0.2) is 0 Å². The summed E-state index contributed by atoms with van der Waals surface area (Å²) in [4.78, 5) is 14.1. The quantitative estimate of drug-likeness (QED) is 0.832. The monoisotopic (exact) mass is 264 g/mol. The van der Waals surface area contributed by atoms with Crippen LogP contribution in [0.2, 0.25) is 0 Å². The van der Waals surface area contributed by atoms with Gasteiger partial charge in [-0.3, -0.25) is 4.79 Å². The summed E-state index contributed by atoms with van der Waals surface area (Å²) in [5.74, 6) is 0.545. The first-order valence-electron chi connectivity index (χ1n) is 6.12. The number of anilines is 1. The summed E-state index contributed by atoms with van der Waals surface area (Å²) in [5.41, 5.74) is 7.21. The van der Waals surface area contributed by atoms with Crippen molar-refractivity contribution >= 4 is 28.8 Å². The second-order valence-electron chi connectivity index (χ2n) is 4.58. The first-order valence-corrected chi connectivity index (χ1v) is 6.53. The Labute approximate surface area is 114 Å². The summed E-state index contributed by atoms with van der Waals surface area (Å²) in [5, 5.41) is 0. The molecule has 1 rings (SSSR count). The van der Waals surface area contributed by atoms with Gasteiger partial charge < -0.3 is 10.6 Å². The molecule has 18 heavy (non-hydrogen) atoms. The lowest BCUT2D eigenvalue weighted by Gasteiger charge is -2.19. The normalized spacial score (nSPS) is 11.9. The Morgan fingerprint density at radius 2 is 1.94 bits per heavy atom. The number of hydrogen-bond acceptors (Lipinski definition) is 2. The molecule has 0 aliphatic heterocycles. The van der Waals surface area contributed by atoms with Crippen molar-refractivity contribution in [2.75, 3.05) is 11.9 Å². The zero-order valence-electron chi connectivity index (χ0n) is 11.1. The molecule has 0 spiro atoms. The van der Waals surface area contributed by atoms with E-state index in [-0.39, 0.29) is 5.91 Å². The highest BCUT2D eigenvalue weighted by Gasteiger charge is 2.13. The van der Waals surface area contributed by atoms with Gasteiger partial charge >= 0.3 is 0 Å². The number of nitrogens with zero attached hydrogens (tertiary/aromatic N) is 1. The minimum atomic E-state index is 0.132. The van der Waals surface area contributed by atoms with Crippen molar-refractivity contribution in [3.63, 3.8) is 0 Å². The van der Waals surface area contributed by atoms with Gasteiger partial charge in [0, 0.05) is 24.7 Å². The lowest BCUT2D eigenvalue weighted by atomic mass is 10.0. The molecule has 0 radical (unpaired) electrons. The van der Waals surface area contributed by atoms with Gasteiger partial charge in [0.05, 0.1) is 0 Å². The van der Waals surface area contributed by atoms with Crippen LogP contribution in [0.4, 0.5) is 5.69 Å². The molecule has 1 aromatic carbocycles. The predicted molar refractivity (Wildman–Crippen MR) is 79.8 cm³/mol. The number of hydrogen-bond donors (Lipinski definition) is 1. The van der Waals surface area contributed by atoms with Crippen LogP contribution in [0.1, 0.15) is 32.3 Å². The van der Waals surface area contributed by atoms with Gasteiger partial charge in [0.2, 0.25) is 5.91 Å². The third-order valence-electron chi connectivity index (χ3n) is 3.13. The molecule has 0 saturated heterocycles. The minimum Gasteiger partial charge on any atom is -0.389 e. The van der Waals surface area contributed by atoms with Crippen LogP contribution >= 0.6 is 12.2 Å². The Morgan fingerprint density at radius 3 is 2.39 bits per heavy atom. The summed E-state index contributed by atoms with van der Waals surface area (Å²) in [6, 6.07) is 7.40. The van der Waals surface area contributed by atoms with Crippen molar-refractivity contribution in [1.82, 2.24) is 0 Å². The van der Waals surface area contributed by atoms with Gasteiger partial charge in [-0.15, -0.1) is 0 Å². The fraction of sp³-hybridized carbons (Fsp3) is 0.429. The highest BCUT2D eigenvalue weighted by molar-refractivity contribution is 7.80. The number of rotatable bonds is 5. The van der Waals surface area contributed by atoms with E-state index in [1.807, 2.05) is 24.3 Å². The molecule has 98 valence electrons. The summed E-state index contributed by atoms with van der Waals surface area (Å²) in [6.45, 7) is 4.18. The zero-order valence-corrected chi connectivity index (χ0v) is 12.0. The van der Waals surface area contributed by atoms with E-state index in [1.54, 1.807) is 11.9 Å². The number of amides is 1. The van der Waals surface area contributed by atoms with Gasteiger partial charge in [0.25, 0.3) is 0 Å². The predicted octanol–water partition coefficient (Wildman–Crippen LogP) is 2.72. The van der Waals surface area contributed by atoms with Crippen LogP contribution < -0.4 is 10.6 Å². The van der Waals surface area contributed by atoms with Crippen molar-refractivity contribution in [3.8, 4) is 0 Å². The molecule has 2 N–H and O–H groups in total. The second-order valence-corrected chi connectivity index (χ2v) is 5.02. The van der Waals surface area contributed by atoms with Crippen LogP contribution in [-0.2, 0) is 4.79 Å². The molecule has 1 unspecified atom stereocenters. The van der Waals surface area contributed by atoms with Gasteiger partial charge in [-0.05, 0) is 30.2 Å². The molecule has 0 fully saturated rings. The molecule has 0 heterocycles. The minimum absolute atomic E-state index is 0.132. The average molecular weight is 264 g/mol. The molecule has 0 aliphatic rings. The Morgan fingerprint density at radius 1 is 1.39 bits per heavy atom. The Kier molecular flexibility index (Phi) is 5.28. The average Bonchev–Trinajstić information content (AvgIpc) is 2.37. The molecule has 4 heteroatoms. The Hall–Kier alpha value is -1.42. The van der Waals surface area contributed by atoms with Crippen LogP contribution in [-0.4, -0.2) is 17.9 Å². The standard InChI is InChI=1S/C14H20N2OS/c1-4-10(2)9-13(17)16(3)12-7-5-11(6-8-12)14(15)18/h5-8,10H,4,9H2,1-3H3,(H2,15,18). The molecule has 1 amide bonds. The Balaban J connectivity index is 2.74. The smallest absolute Gasteiger partial charge is 0.226 e. The number of carbonyl (C=O) groups excluding carboxylic acids is 1. The molecule has 1 atom stereocenters. The fourth-order valence-corrected chi connectivity index (χ4v) is 1.71. The van der Waals surface area contributed by atoms with Crippen molar-refractivity contribution in [2.45, 2.75) is 26.7 Å². The lowest BCUT2D eigenvalue weighted by Crippen LogP contribution is -2.27. The van der Waals surface area contributed by atoms with Crippen LogP contribution in [0.25, 0.3) is 0 Å². The first kappa shape index (κ1) is 14.6. The van der Waals surface area contributed by atoms with Crippen LogP contribution in [0.5, 0.6) is 0 Å². The van der Waals surface area contributed by atoms with E-state index in [1.165, 1.54) is 0 Å². The van der Waals surface area contributed by atoms with E-state index in [9.17, 15) is 4.79 Å². The molecular weight excluding hydrogens is 244 g/mol. The van der Waals surface area contributed by atoms with E-state index < -0.39 is 0 Å². The highest BCUT2D eigenvalue weighted by Crippen LogP contribution is 2.17. The summed E-state index contributed by atoms with van der Waals surface area (Å²) in [7, 11) is 1.79. The third kappa shape index (κ3) is 3.81. The molecule has 0 aromatic heterocycles. The number of thiocarbonyl (C=S) groups is 1. The van der Waals surface area contributed by atoms with Crippen molar-refractivity contribution in [2.24, 2.45) is 11.7 Å². The topological polar surface area (TPSA) is 46.3 Å². The number of carbonyl (C=O) groups is 1. The molecule has 3 nitrogen and oxygen atoms in total. The molecule has 0 bridgehead atoms. The van der Waals surface area contributed by atoms with Crippen LogP contribution in [0.3, 0.4) is 0 Å². The van der Waals surface area contributed by atoms with Crippen molar-refractivity contribution in [3.05, 3.63) is 29.8 Å². The highest BCUT2D eigenvalue weighted by atomic mass is 32.1. The third-order valence-corrected chi connectivity index (χ3v) is 3.37. The molecule has 1 aromatic rings. The second kappa shape index (κ2) is 6.50. The molecule has 0 saturated carbocycles. The maximum atomic E-state index is 12.0. The number of benzene rings is 1. The molecular formula is C14H20N2OS. The summed E-state index contributed by atoms with van der Waals surface area (Å²) < 4.78 is 0.